The summed E-state index contributed by atoms with van der Waals surface area (Å²) < 4.78 is 0. The maximum atomic E-state index is 4.32. The van der Waals surface area contributed by atoms with E-state index < -0.39 is 0 Å². The predicted molar refractivity (Wildman–Crippen MR) is 57.3 cm³/mol. The first-order chi connectivity index (χ1) is 6.90. The average molecular weight is 208 g/mol. The van der Waals surface area contributed by atoms with Gasteiger partial charge in [-0.05, 0) is 6.42 Å². The third-order valence-corrected chi connectivity index (χ3v) is 2.83. The number of aromatic amines is 1. The Morgan fingerprint density at radius 2 is 2.36 bits per heavy atom. The molecule has 74 valence electrons. The lowest BCUT2D eigenvalue weighted by atomic mass is 10.4. The molecule has 0 radical (unpaired) electrons. The molecule has 0 saturated carbocycles. The number of H-pyrrole nitrogens is 1. The van der Waals surface area contributed by atoms with Crippen molar-refractivity contribution >= 4 is 22.9 Å². The molecular weight excluding hydrogens is 196 g/mol. The van der Waals surface area contributed by atoms with E-state index in [4.69, 9.17) is 0 Å². The van der Waals surface area contributed by atoms with Gasteiger partial charge in [0.2, 0.25) is 0 Å². The van der Waals surface area contributed by atoms with Gasteiger partial charge in [-0.15, -0.1) is 0 Å². The highest BCUT2D eigenvalue weighted by Crippen LogP contribution is 2.16. The Kier molecular flexibility index (Phi) is 2.98. The van der Waals surface area contributed by atoms with Gasteiger partial charge in [-0.3, -0.25) is 0 Å². The third kappa shape index (κ3) is 2.04. The molecule has 0 fully saturated rings. The fourth-order valence-electron chi connectivity index (χ4n) is 1.10. The van der Waals surface area contributed by atoms with Crippen LogP contribution in [-0.2, 0) is 0 Å². The fraction of sp³-hybridized carbons (Fsp3) is 0.444. The number of unbranched alkanes of at least 4 members (excludes halogenated alkanes) is 1. The zero-order valence-corrected chi connectivity index (χ0v) is 8.84. The molecule has 0 amide bonds. The van der Waals surface area contributed by atoms with Gasteiger partial charge in [-0.1, -0.05) is 25.1 Å². The number of fused-ring (bicyclic) bond motifs is 1. The fourth-order valence-corrected chi connectivity index (χ4v) is 1.99. The summed E-state index contributed by atoms with van der Waals surface area (Å²) in [7, 11) is 0. The number of rotatable bonds is 4. The van der Waals surface area contributed by atoms with Crippen molar-refractivity contribution in [1.29, 1.82) is 0 Å². The van der Waals surface area contributed by atoms with Crippen LogP contribution >= 0.6 is 11.8 Å². The zero-order chi connectivity index (χ0) is 9.80. The maximum absolute atomic E-state index is 4.32. The zero-order valence-electron chi connectivity index (χ0n) is 8.03. The molecule has 0 aliphatic carbocycles. The minimum atomic E-state index is 0.749. The molecule has 0 bridgehead atoms. The van der Waals surface area contributed by atoms with Gasteiger partial charge in [0.1, 0.15) is 5.52 Å². The third-order valence-electron chi connectivity index (χ3n) is 1.88. The molecule has 2 aromatic rings. The van der Waals surface area contributed by atoms with Gasteiger partial charge in [-0.2, -0.15) is 0 Å². The molecule has 0 spiro atoms. The Morgan fingerprint density at radius 3 is 3.21 bits per heavy atom. The summed E-state index contributed by atoms with van der Waals surface area (Å²) in [6.07, 6.45) is 5.83. The van der Waals surface area contributed by atoms with Crippen molar-refractivity contribution in [3.05, 3.63) is 12.5 Å². The second-order valence-electron chi connectivity index (χ2n) is 2.99. The topological polar surface area (TPSA) is 54.5 Å². The molecule has 2 rings (SSSR count). The van der Waals surface area contributed by atoms with E-state index in [9.17, 15) is 0 Å². The van der Waals surface area contributed by atoms with Crippen LogP contribution < -0.4 is 0 Å². The standard InChI is InChI=1S/C9H12N4S/c1-2-3-4-14-9-10-5-7-8(13-9)12-6-11-7/h5-6H,2-4H2,1H3,(H,10,11,12,13). The van der Waals surface area contributed by atoms with Crippen LogP contribution in [0.25, 0.3) is 11.2 Å². The number of hydrogen-bond acceptors (Lipinski definition) is 4. The van der Waals surface area contributed by atoms with E-state index in [1.807, 2.05) is 0 Å². The van der Waals surface area contributed by atoms with Crippen LogP contribution in [0.2, 0.25) is 0 Å². The molecule has 0 unspecified atom stereocenters. The molecule has 5 heteroatoms. The van der Waals surface area contributed by atoms with E-state index in [2.05, 4.69) is 26.9 Å². The molecule has 0 aliphatic heterocycles. The summed E-state index contributed by atoms with van der Waals surface area (Å²) in [6.45, 7) is 2.18. The first-order valence-electron chi connectivity index (χ1n) is 4.69. The number of aromatic nitrogens is 4. The number of thioether (sulfide) groups is 1. The lowest BCUT2D eigenvalue weighted by Crippen LogP contribution is -1.88. The Labute approximate surface area is 86.6 Å². The van der Waals surface area contributed by atoms with Crippen LogP contribution in [0.5, 0.6) is 0 Å². The van der Waals surface area contributed by atoms with Crippen molar-refractivity contribution in [1.82, 2.24) is 19.9 Å². The van der Waals surface area contributed by atoms with Crippen molar-refractivity contribution in [2.75, 3.05) is 5.75 Å². The second kappa shape index (κ2) is 4.41. The second-order valence-corrected chi connectivity index (χ2v) is 4.06. The van der Waals surface area contributed by atoms with Crippen LogP contribution in [0, 0.1) is 0 Å². The van der Waals surface area contributed by atoms with Gasteiger partial charge >= 0.3 is 0 Å². The van der Waals surface area contributed by atoms with Gasteiger partial charge in [0, 0.05) is 5.75 Å². The summed E-state index contributed by atoms with van der Waals surface area (Å²) in [6, 6.07) is 0. The van der Waals surface area contributed by atoms with Crippen LogP contribution in [0.4, 0.5) is 0 Å². The van der Waals surface area contributed by atoms with Gasteiger partial charge in [-0.25, -0.2) is 15.0 Å². The Balaban J connectivity index is 2.10. The van der Waals surface area contributed by atoms with Crippen molar-refractivity contribution < 1.29 is 0 Å². The SMILES string of the molecule is CCCCSc1ncc2[nH]cnc2n1. The molecule has 4 nitrogen and oxygen atoms in total. The quantitative estimate of drug-likeness (QED) is 0.475. The van der Waals surface area contributed by atoms with Gasteiger partial charge < -0.3 is 4.98 Å². The van der Waals surface area contributed by atoms with Crippen LogP contribution in [0.15, 0.2) is 17.7 Å². The van der Waals surface area contributed by atoms with E-state index in [1.54, 1.807) is 24.3 Å². The first-order valence-corrected chi connectivity index (χ1v) is 5.67. The van der Waals surface area contributed by atoms with Gasteiger partial charge in [0.05, 0.1) is 12.5 Å². The monoisotopic (exact) mass is 208 g/mol. The molecule has 0 saturated heterocycles. The van der Waals surface area contributed by atoms with Crippen molar-refractivity contribution in [2.24, 2.45) is 0 Å². The van der Waals surface area contributed by atoms with Gasteiger partial charge in [0.15, 0.2) is 10.8 Å². The van der Waals surface area contributed by atoms with Crippen LogP contribution in [0.1, 0.15) is 19.8 Å². The molecule has 0 aliphatic rings. The number of nitrogens with one attached hydrogen (secondary N) is 1. The molecule has 0 aromatic carbocycles. The average Bonchev–Trinajstić information content (AvgIpc) is 2.65. The minimum Gasteiger partial charge on any atom is -0.342 e. The van der Waals surface area contributed by atoms with Crippen LogP contribution in [0.3, 0.4) is 0 Å². The lowest BCUT2D eigenvalue weighted by molar-refractivity contribution is 0.890. The molecule has 0 atom stereocenters. The summed E-state index contributed by atoms with van der Waals surface area (Å²) in [5.74, 6) is 1.08. The number of imidazole rings is 1. The summed E-state index contributed by atoms with van der Waals surface area (Å²) >= 11 is 1.69. The number of nitrogens with zero attached hydrogens (tertiary/aromatic N) is 3. The Bertz CT molecular complexity index is 412. The highest BCUT2D eigenvalue weighted by atomic mass is 32.2. The molecular formula is C9H12N4S. The summed E-state index contributed by atoms with van der Waals surface area (Å²) in [4.78, 5) is 15.6. The maximum Gasteiger partial charge on any atom is 0.189 e. The van der Waals surface area contributed by atoms with E-state index >= 15 is 0 Å². The van der Waals surface area contributed by atoms with Crippen LogP contribution in [-0.4, -0.2) is 25.7 Å². The van der Waals surface area contributed by atoms with E-state index in [-0.39, 0.29) is 0 Å². The molecule has 14 heavy (non-hydrogen) atoms. The normalized spacial score (nSPS) is 10.9. The molecule has 2 aromatic heterocycles. The number of hydrogen-bond donors (Lipinski definition) is 1. The highest BCUT2D eigenvalue weighted by Gasteiger charge is 2.01. The Morgan fingerprint density at radius 1 is 1.43 bits per heavy atom. The van der Waals surface area contributed by atoms with Crippen molar-refractivity contribution in [3.8, 4) is 0 Å². The Hall–Kier alpha value is -1.10. The highest BCUT2D eigenvalue weighted by molar-refractivity contribution is 7.99. The van der Waals surface area contributed by atoms with E-state index in [1.165, 1.54) is 12.8 Å². The molecule has 2 heterocycles. The van der Waals surface area contributed by atoms with E-state index in [0.717, 1.165) is 22.1 Å². The van der Waals surface area contributed by atoms with Crippen molar-refractivity contribution in [2.45, 2.75) is 24.9 Å². The van der Waals surface area contributed by atoms with Crippen molar-refractivity contribution in [3.63, 3.8) is 0 Å². The van der Waals surface area contributed by atoms with E-state index in [0.29, 0.717) is 0 Å². The predicted octanol–water partition coefficient (Wildman–Crippen LogP) is 2.25. The smallest absolute Gasteiger partial charge is 0.189 e. The van der Waals surface area contributed by atoms with Gasteiger partial charge in [0.25, 0.3) is 0 Å². The lowest BCUT2D eigenvalue weighted by Gasteiger charge is -1.97. The largest absolute Gasteiger partial charge is 0.342 e. The summed E-state index contributed by atoms with van der Waals surface area (Å²) in [5, 5.41) is 0.818. The minimum absolute atomic E-state index is 0.749. The summed E-state index contributed by atoms with van der Waals surface area (Å²) in [5.41, 5.74) is 1.64. The first kappa shape index (κ1) is 9.45. The molecule has 1 N–H and O–H groups in total.